The first kappa shape index (κ1) is 13.1. The molecule has 0 saturated carbocycles. The van der Waals surface area contributed by atoms with Gasteiger partial charge in [-0.1, -0.05) is 23.8 Å². The predicted octanol–water partition coefficient (Wildman–Crippen LogP) is 1.80. The normalized spacial score (nSPS) is 19.3. The van der Waals surface area contributed by atoms with Crippen molar-refractivity contribution in [3.63, 3.8) is 0 Å². The van der Waals surface area contributed by atoms with Gasteiger partial charge < -0.3 is 10.6 Å². The molecule has 1 aliphatic rings. The number of benzene rings is 1. The Balaban J connectivity index is 1.89. The van der Waals surface area contributed by atoms with E-state index in [1.54, 1.807) is 0 Å². The molecule has 0 spiro atoms. The van der Waals surface area contributed by atoms with Crippen LogP contribution in [0.4, 0.5) is 0 Å². The summed E-state index contributed by atoms with van der Waals surface area (Å²) in [6.45, 7) is 5.75. The first-order valence-electron chi connectivity index (χ1n) is 6.66. The molecule has 0 aromatic heterocycles. The standard InChI is InChI=1S/C15H22N2O/c1-11-3-4-13(12(2)9-11)5-6-15(18)17-8-7-14(16)10-17/h3-4,9,14H,5-8,10,16H2,1-2H3/t14-/m0/s1. The fourth-order valence-corrected chi connectivity index (χ4v) is 2.54. The lowest BCUT2D eigenvalue weighted by atomic mass is 10.0. The van der Waals surface area contributed by atoms with Crippen LogP contribution in [-0.2, 0) is 11.2 Å². The maximum Gasteiger partial charge on any atom is 0.222 e. The van der Waals surface area contributed by atoms with E-state index in [0.29, 0.717) is 6.42 Å². The van der Waals surface area contributed by atoms with Crippen LogP contribution in [-0.4, -0.2) is 29.9 Å². The van der Waals surface area contributed by atoms with Gasteiger partial charge in [-0.25, -0.2) is 0 Å². The number of carbonyl (C=O) groups is 1. The Kier molecular flexibility index (Phi) is 4.02. The molecular weight excluding hydrogens is 224 g/mol. The first-order valence-corrected chi connectivity index (χ1v) is 6.66. The molecule has 0 unspecified atom stereocenters. The van der Waals surface area contributed by atoms with Crippen molar-refractivity contribution in [2.24, 2.45) is 5.73 Å². The second-order valence-electron chi connectivity index (χ2n) is 5.32. The van der Waals surface area contributed by atoms with Gasteiger partial charge in [-0.05, 0) is 37.8 Å². The second-order valence-corrected chi connectivity index (χ2v) is 5.32. The molecule has 0 radical (unpaired) electrons. The van der Waals surface area contributed by atoms with Crippen molar-refractivity contribution in [1.29, 1.82) is 0 Å². The summed E-state index contributed by atoms with van der Waals surface area (Å²) >= 11 is 0. The van der Waals surface area contributed by atoms with E-state index < -0.39 is 0 Å². The summed E-state index contributed by atoms with van der Waals surface area (Å²) < 4.78 is 0. The van der Waals surface area contributed by atoms with Gasteiger partial charge >= 0.3 is 0 Å². The Labute approximate surface area is 109 Å². The molecule has 1 atom stereocenters. The summed E-state index contributed by atoms with van der Waals surface area (Å²) in [6.07, 6.45) is 2.36. The zero-order chi connectivity index (χ0) is 13.1. The summed E-state index contributed by atoms with van der Waals surface area (Å²) in [5, 5.41) is 0. The Morgan fingerprint density at radius 1 is 1.44 bits per heavy atom. The van der Waals surface area contributed by atoms with Crippen molar-refractivity contribution in [3.8, 4) is 0 Å². The van der Waals surface area contributed by atoms with Gasteiger partial charge in [0.15, 0.2) is 0 Å². The topological polar surface area (TPSA) is 46.3 Å². The number of nitrogens with zero attached hydrogens (tertiary/aromatic N) is 1. The van der Waals surface area contributed by atoms with Crippen molar-refractivity contribution in [1.82, 2.24) is 4.90 Å². The van der Waals surface area contributed by atoms with Gasteiger partial charge in [0.25, 0.3) is 0 Å². The highest BCUT2D eigenvalue weighted by Gasteiger charge is 2.23. The van der Waals surface area contributed by atoms with Gasteiger partial charge in [0.05, 0.1) is 0 Å². The van der Waals surface area contributed by atoms with Crippen LogP contribution in [0.1, 0.15) is 29.5 Å². The molecule has 1 amide bonds. The molecule has 98 valence electrons. The van der Waals surface area contributed by atoms with E-state index in [9.17, 15) is 4.79 Å². The van der Waals surface area contributed by atoms with Crippen LogP contribution in [0.2, 0.25) is 0 Å². The minimum atomic E-state index is 0.176. The van der Waals surface area contributed by atoms with E-state index in [2.05, 4.69) is 32.0 Å². The average molecular weight is 246 g/mol. The van der Waals surface area contributed by atoms with Gasteiger partial charge in [-0.2, -0.15) is 0 Å². The predicted molar refractivity (Wildman–Crippen MR) is 73.4 cm³/mol. The third-order valence-electron chi connectivity index (χ3n) is 3.68. The summed E-state index contributed by atoms with van der Waals surface area (Å²) in [4.78, 5) is 13.9. The van der Waals surface area contributed by atoms with E-state index in [0.717, 1.165) is 25.9 Å². The number of hydrogen-bond acceptors (Lipinski definition) is 2. The van der Waals surface area contributed by atoms with Crippen LogP contribution < -0.4 is 5.73 Å². The largest absolute Gasteiger partial charge is 0.341 e. The highest BCUT2D eigenvalue weighted by Crippen LogP contribution is 2.15. The number of rotatable bonds is 3. The van der Waals surface area contributed by atoms with Gasteiger partial charge in [0.1, 0.15) is 0 Å². The Morgan fingerprint density at radius 3 is 2.83 bits per heavy atom. The zero-order valence-corrected chi connectivity index (χ0v) is 11.3. The molecule has 3 nitrogen and oxygen atoms in total. The number of amides is 1. The zero-order valence-electron chi connectivity index (χ0n) is 11.3. The SMILES string of the molecule is Cc1ccc(CCC(=O)N2CC[C@H](N)C2)c(C)c1. The fraction of sp³-hybridized carbons (Fsp3) is 0.533. The molecule has 2 rings (SSSR count). The number of likely N-dealkylation sites (tertiary alicyclic amines) is 1. The molecule has 1 saturated heterocycles. The van der Waals surface area contributed by atoms with Crippen LogP contribution in [0, 0.1) is 13.8 Å². The quantitative estimate of drug-likeness (QED) is 0.884. The first-order chi connectivity index (χ1) is 8.56. The van der Waals surface area contributed by atoms with Crippen molar-refractivity contribution in [2.45, 2.75) is 39.2 Å². The molecule has 1 aromatic carbocycles. The van der Waals surface area contributed by atoms with Crippen molar-refractivity contribution >= 4 is 5.91 Å². The molecule has 2 N–H and O–H groups in total. The Morgan fingerprint density at radius 2 is 2.22 bits per heavy atom. The molecule has 1 fully saturated rings. The lowest BCUT2D eigenvalue weighted by Crippen LogP contribution is -2.32. The van der Waals surface area contributed by atoms with Gasteiger partial charge in [0, 0.05) is 25.6 Å². The molecule has 1 heterocycles. The summed E-state index contributed by atoms with van der Waals surface area (Å²) in [5.41, 5.74) is 9.64. The molecule has 18 heavy (non-hydrogen) atoms. The number of nitrogens with two attached hydrogens (primary N) is 1. The van der Waals surface area contributed by atoms with E-state index in [1.807, 2.05) is 4.90 Å². The molecule has 0 bridgehead atoms. The lowest BCUT2D eigenvalue weighted by molar-refractivity contribution is -0.130. The lowest BCUT2D eigenvalue weighted by Gasteiger charge is -2.16. The monoisotopic (exact) mass is 246 g/mol. The average Bonchev–Trinajstić information content (AvgIpc) is 2.74. The molecular formula is C15H22N2O. The number of aryl methyl sites for hydroxylation is 3. The highest BCUT2D eigenvalue weighted by atomic mass is 16.2. The summed E-state index contributed by atoms with van der Waals surface area (Å²) in [6, 6.07) is 6.59. The van der Waals surface area contributed by atoms with E-state index in [-0.39, 0.29) is 11.9 Å². The van der Waals surface area contributed by atoms with Crippen LogP contribution in [0.3, 0.4) is 0 Å². The van der Waals surface area contributed by atoms with Gasteiger partial charge in [0.2, 0.25) is 5.91 Å². The maximum absolute atomic E-state index is 12.0. The molecule has 0 aliphatic carbocycles. The third kappa shape index (κ3) is 3.10. The van der Waals surface area contributed by atoms with Crippen LogP contribution in [0.5, 0.6) is 0 Å². The van der Waals surface area contributed by atoms with Crippen LogP contribution in [0.15, 0.2) is 18.2 Å². The number of hydrogen-bond donors (Lipinski definition) is 1. The second kappa shape index (κ2) is 5.53. The smallest absolute Gasteiger partial charge is 0.222 e. The highest BCUT2D eigenvalue weighted by molar-refractivity contribution is 5.76. The summed E-state index contributed by atoms with van der Waals surface area (Å²) in [7, 11) is 0. The minimum Gasteiger partial charge on any atom is -0.341 e. The van der Waals surface area contributed by atoms with Crippen LogP contribution >= 0.6 is 0 Å². The fourth-order valence-electron chi connectivity index (χ4n) is 2.54. The molecule has 1 aromatic rings. The van der Waals surface area contributed by atoms with E-state index >= 15 is 0 Å². The van der Waals surface area contributed by atoms with Gasteiger partial charge in [-0.15, -0.1) is 0 Å². The molecule has 1 aliphatic heterocycles. The van der Waals surface area contributed by atoms with Crippen molar-refractivity contribution < 1.29 is 4.79 Å². The van der Waals surface area contributed by atoms with Crippen molar-refractivity contribution in [3.05, 3.63) is 34.9 Å². The van der Waals surface area contributed by atoms with E-state index in [4.69, 9.17) is 5.73 Å². The van der Waals surface area contributed by atoms with Crippen molar-refractivity contribution in [2.75, 3.05) is 13.1 Å². The van der Waals surface area contributed by atoms with E-state index in [1.165, 1.54) is 16.7 Å². The number of carbonyl (C=O) groups excluding carboxylic acids is 1. The summed E-state index contributed by atoms with van der Waals surface area (Å²) in [5.74, 6) is 0.239. The van der Waals surface area contributed by atoms with Gasteiger partial charge in [-0.3, -0.25) is 4.79 Å². The minimum absolute atomic E-state index is 0.176. The maximum atomic E-state index is 12.0. The van der Waals surface area contributed by atoms with Crippen LogP contribution in [0.25, 0.3) is 0 Å². The Hall–Kier alpha value is -1.35. The Bertz CT molecular complexity index is 442. The third-order valence-corrected chi connectivity index (χ3v) is 3.68. The molecule has 3 heteroatoms.